The zero-order valence-corrected chi connectivity index (χ0v) is 12.4. The van der Waals surface area contributed by atoms with Gasteiger partial charge in [-0.1, -0.05) is 11.6 Å². The minimum Gasteiger partial charge on any atom is -0.382 e. The number of halogens is 1. The zero-order chi connectivity index (χ0) is 13.8. The normalized spacial score (nSPS) is 12.9. The number of nitrogens with one attached hydrogen (secondary N) is 1. The van der Waals surface area contributed by atoms with Gasteiger partial charge in [0.1, 0.15) is 0 Å². The number of anilines is 1. The highest BCUT2D eigenvalue weighted by Crippen LogP contribution is 2.25. The summed E-state index contributed by atoms with van der Waals surface area (Å²) in [6.07, 6.45) is 2.92. The Bertz CT molecular complexity index is 554. The van der Waals surface area contributed by atoms with Crippen LogP contribution in [0.5, 0.6) is 0 Å². The number of aromatic nitrogens is 1. The lowest BCUT2D eigenvalue weighted by Gasteiger charge is -2.18. The van der Waals surface area contributed by atoms with Gasteiger partial charge in [-0.05, 0) is 58.3 Å². The van der Waals surface area contributed by atoms with Crippen molar-refractivity contribution >= 4 is 28.2 Å². The first kappa shape index (κ1) is 14.1. The Labute approximate surface area is 119 Å². The molecular formula is C15H20ClN3. The Hall–Kier alpha value is -1.32. The van der Waals surface area contributed by atoms with Gasteiger partial charge < -0.3 is 10.2 Å². The molecule has 0 saturated carbocycles. The van der Waals surface area contributed by atoms with Crippen molar-refractivity contribution in [2.45, 2.75) is 19.4 Å². The van der Waals surface area contributed by atoms with Gasteiger partial charge in [0.2, 0.25) is 0 Å². The fraction of sp³-hybridized carbons (Fsp3) is 0.400. The molecule has 0 spiro atoms. The third-order valence-electron chi connectivity index (χ3n) is 3.12. The molecule has 4 heteroatoms. The van der Waals surface area contributed by atoms with Crippen LogP contribution < -0.4 is 5.32 Å². The number of nitrogens with zero attached hydrogens (tertiary/aromatic N) is 2. The van der Waals surface area contributed by atoms with Gasteiger partial charge in [-0.3, -0.25) is 4.98 Å². The summed E-state index contributed by atoms with van der Waals surface area (Å²) in [5.41, 5.74) is 2.05. The van der Waals surface area contributed by atoms with Crippen LogP contribution >= 0.6 is 11.6 Å². The topological polar surface area (TPSA) is 28.2 Å². The predicted molar refractivity (Wildman–Crippen MR) is 83.0 cm³/mol. The highest BCUT2D eigenvalue weighted by molar-refractivity contribution is 6.31. The lowest BCUT2D eigenvalue weighted by Crippen LogP contribution is -2.23. The van der Waals surface area contributed by atoms with Crippen LogP contribution in [0.3, 0.4) is 0 Å². The van der Waals surface area contributed by atoms with Crippen molar-refractivity contribution in [2.75, 3.05) is 26.0 Å². The maximum absolute atomic E-state index is 6.00. The summed E-state index contributed by atoms with van der Waals surface area (Å²) in [7, 11) is 4.19. The smallest absolute Gasteiger partial charge is 0.0737 e. The average molecular weight is 278 g/mol. The van der Waals surface area contributed by atoms with E-state index in [1.807, 2.05) is 30.5 Å². The molecule has 102 valence electrons. The first-order valence-electron chi connectivity index (χ1n) is 6.52. The number of pyridine rings is 1. The number of hydrogen-bond donors (Lipinski definition) is 1. The van der Waals surface area contributed by atoms with Gasteiger partial charge in [0, 0.05) is 28.3 Å². The maximum Gasteiger partial charge on any atom is 0.0737 e. The van der Waals surface area contributed by atoms with Crippen LogP contribution in [0.1, 0.15) is 13.3 Å². The van der Waals surface area contributed by atoms with E-state index in [4.69, 9.17) is 11.6 Å². The second-order valence-corrected chi connectivity index (χ2v) is 5.59. The van der Waals surface area contributed by atoms with E-state index < -0.39 is 0 Å². The van der Waals surface area contributed by atoms with E-state index in [2.05, 4.69) is 36.2 Å². The summed E-state index contributed by atoms with van der Waals surface area (Å²) in [5.74, 6) is 0. The van der Waals surface area contributed by atoms with Gasteiger partial charge in [-0.15, -0.1) is 0 Å². The Morgan fingerprint density at radius 2 is 2.11 bits per heavy atom. The van der Waals surface area contributed by atoms with Crippen LogP contribution in [0.2, 0.25) is 5.02 Å². The fourth-order valence-corrected chi connectivity index (χ4v) is 2.20. The monoisotopic (exact) mass is 277 g/mol. The van der Waals surface area contributed by atoms with E-state index in [1.54, 1.807) is 0 Å². The van der Waals surface area contributed by atoms with Gasteiger partial charge in [-0.2, -0.15) is 0 Å². The Morgan fingerprint density at radius 1 is 1.32 bits per heavy atom. The minimum absolute atomic E-state index is 0.420. The summed E-state index contributed by atoms with van der Waals surface area (Å²) in [6.45, 7) is 3.27. The molecule has 2 rings (SSSR count). The zero-order valence-electron chi connectivity index (χ0n) is 11.7. The van der Waals surface area contributed by atoms with Crippen molar-refractivity contribution in [2.24, 2.45) is 0 Å². The molecule has 1 atom stereocenters. The molecule has 1 aromatic carbocycles. The highest BCUT2D eigenvalue weighted by Gasteiger charge is 2.06. The average Bonchev–Trinajstić information content (AvgIpc) is 2.36. The third-order valence-corrected chi connectivity index (χ3v) is 3.35. The van der Waals surface area contributed by atoms with E-state index in [9.17, 15) is 0 Å². The molecule has 0 aliphatic heterocycles. The summed E-state index contributed by atoms with van der Waals surface area (Å²) in [4.78, 5) is 6.55. The molecule has 0 amide bonds. The largest absolute Gasteiger partial charge is 0.382 e. The molecule has 3 nitrogen and oxygen atoms in total. The van der Waals surface area contributed by atoms with Crippen molar-refractivity contribution in [3.05, 3.63) is 35.5 Å². The standard InChI is InChI=1S/C15H20ClN3/c1-11(7-9-19(2)3)18-14-6-8-17-15-10-12(16)4-5-13(14)15/h4-6,8,10-11H,7,9H2,1-3H3,(H,17,18)/t11-/m1/s1. The molecule has 0 bridgehead atoms. The van der Waals surface area contributed by atoms with Crippen LogP contribution in [-0.2, 0) is 0 Å². The van der Waals surface area contributed by atoms with Crippen LogP contribution in [0.15, 0.2) is 30.5 Å². The van der Waals surface area contributed by atoms with E-state index in [0.717, 1.165) is 34.6 Å². The van der Waals surface area contributed by atoms with Gasteiger partial charge >= 0.3 is 0 Å². The number of fused-ring (bicyclic) bond motifs is 1. The molecular weight excluding hydrogens is 258 g/mol. The summed E-state index contributed by atoms with van der Waals surface area (Å²) in [5, 5.41) is 5.38. The van der Waals surface area contributed by atoms with Crippen molar-refractivity contribution in [1.82, 2.24) is 9.88 Å². The van der Waals surface area contributed by atoms with Crippen molar-refractivity contribution < 1.29 is 0 Å². The molecule has 0 aliphatic carbocycles. The minimum atomic E-state index is 0.420. The first-order valence-corrected chi connectivity index (χ1v) is 6.89. The lowest BCUT2D eigenvalue weighted by atomic mass is 10.1. The molecule has 1 heterocycles. The number of hydrogen-bond acceptors (Lipinski definition) is 3. The van der Waals surface area contributed by atoms with Gasteiger partial charge in [0.05, 0.1) is 5.52 Å². The van der Waals surface area contributed by atoms with Crippen LogP contribution in [-0.4, -0.2) is 36.6 Å². The van der Waals surface area contributed by atoms with Crippen molar-refractivity contribution in [3.63, 3.8) is 0 Å². The Morgan fingerprint density at radius 3 is 2.84 bits per heavy atom. The van der Waals surface area contributed by atoms with E-state index in [-0.39, 0.29) is 0 Å². The van der Waals surface area contributed by atoms with Crippen LogP contribution in [0, 0.1) is 0 Å². The first-order chi connectivity index (χ1) is 9.06. The highest BCUT2D eigenvalue weighted by atomic mass is 35.5. The van der Waals surface area contributed by atoms with Gasteiger partial charge in [0.25, 0.3) is 0 Å². The van der Waals surface area contributed by atoms with Crippen LogP contribution in [0.25, 0.3) is 10.9 Å². The summed E-state index contributed by atoms with van der Waals surface area (Å²) < 4.78 is 0. The number of benzene rings is 1. The van der Waals surface area contributed by atoms with Crippen molar-refractivity contribution in [3.8, 4) is 0 Å². The third kappa shape index (κ3) is 3.82. The van der Waals surface area contributed by atoms with E-state index in [1.165, 1.54) is 0 Å². The molecule has 0 aliphatic rings. The Kier molecular flexibility index (Phi) is 4.61. The number of rotatable bonds is 5. The Balaban J connectivity index is 2.16. The van der Waals surface area contributed by atoms with Gasteiger partial charge in [-0.25, -0.2) is 0 Å². The summed E-state index contributed by atoms with van der Waals surface area (Å²) in [6, 6.07) is 8.26. The molecule has 0 radical (unpaired) electrons. The van der Waals surface area contributed by atoms with E-state index >= 15 is 0 Å². The molecule has 0 saturated heterocycles. The van der Waals surface area contributed by atoms with Crippen LogP contribution in [0.4, 0.5) is 5.69 Å². The molecule has 0 fully saturated rings. The second kappa shape index (κ2) is 6.22. The SMILES string of the molecule is C[C@H](CCN(C)C)Nc1ccnc2cc(Cl)ccc12. The fourth-order valence-electron chi connectivity index (χ4n) is 2.04. The summed E-state index contributed by atoms with van der Waals surface area (Å²) >= 11 is 6.00. The molecule has 0 unspecified atom stereocenters. The molecule has 19 heavy (non-hydrogen) atoms. The lowest BCUT2D eigenvalue weighted by molar-refractivity contribution is 0.390. The second-order valence-electron chi connectivity index (χ2n) is 5.16. The van der Waals surface area contributed by atoms with E-state index in [0.29, 0.717) is 6.04 Å². The maximum atomic E-state index is 6.00. The predicted octanol–water partition coefficient (Wildman–Crippen LogP) is 3.64. The molecule has 1 N–H and O–H groups in total. The molecule has 1 aromatic heterocycles. The quantitative estimate of drug-likeness (QED) is 0.904. The van der Waals surface area contributed by atoms with Gasteiger partial charge in [0.15, 0.2) is 0 Å². The molecule has 2 aromatic rings. The van der Waals surface area contributed by atoms with Crippen molar-refractivity contribution in [1.29, 1.82) is 0 Å².